The number of rotatable bonds is 5. The number of hydrogen-bond donors (Lipinski definition) is 0. The molecule has 0 heterocycles. The molecule has 2 aromatic rings. The van der Waals surface area contributed by atoms with Crippen LogP contribution in [0.15, 0.2) is 46.9 Å². The number of hydrogen-bond acceptors (Lipinski definition) is 1. The lowest BCUT2D eigenvalue weighted by Gasteiger charge is -2.33. The molecule has 0 atom stereocenters. The van der Waals surface area contributed by atoms with Crippen LogP contribution in [0.25, 0.3) is 0 Å². The van der Waals surface area contributed by atoms with Gasteiger partial charge in [0.15, 0.2) is 0 Å². The fourth-order valence-electron chi connectivity index (χ4n) is 3.41. The highest BCUT2D eigenvalue weighted by atomic mass is 79.9. The Balaban J connectivity index is 1.60. The van der Waals surface area contributed by atoms with Crippen molar-refractivity contribution in [1.82, 2.24) is 0 Å². The van der Waals surface area contributed by atoms with Crippen molar-refractivity contribution in [3.8, 4) is 5.75 Å². The van der Waals surface area contributed by atoms with E-state index in [0.29, 0.717) is 5.41 Å². The molecule has 0 bridgehead atoms. The average Bonchev–Trinajstić information content (AvgIpc) is 2.58. The zero-order valence-corrected chi connectivity index (χ0v) is 16.5. The van der Waals surface area contributed by atoms with Gasteiger partial charge in [0.25, 0.3) is 0 Å². The van der Waals surface area contributed by atoms with Crippen LogP contribution in [0.1, 0.15) is 50.2 Å². The zero-order chi connectivity index (χ0) is 17.0. The van der Waals surface area contributed by atoms with Crippen molar-refractivity contribution in [2.75, 3.05) is 6.61 Å². The van der Waals surface area contributed by atoms with Crippen LogP contribution in [0, 0.1) is 5.41 Å². The Morgan fingerprint density at radius 1 is 1.04 bits per heavy atom. The molecule has 2 aromatic carbocycles. The molecule has 24 heavy (non-hydrogen) atoms. The molecule has 1 fully saturated rings. The van der Waals surface area contributed by atoms with E-state index in [-0.39, 0.29) is 0 Å². The maximum atomic E-state index is 6.28. The van der Waals surface area contributed by atoms with E-state index < -0.39 is 0 Å². The predicted octanol–water partition coefficient (Wildman–Crippen LogP) is 7.04. The molecule has 3 rings (SSSR count). The predicted molar refractivity (Wildman–Crippen MR) is 105 cm³/mol. The van der Waals surface area contributed by atoms with E-state index in [4.69, 9.17) is 16.3 Å². The molecule has 1 nitrogen and oxygen atoms in total. The normalized spacial score (nSPS) is 16.8. The highest BCUT2D eigenvalue weighted by Crippen LogP contribution is 2.36. The van der Waals surface area contributed by atoms with Crippen molar-refractivity contribution >= 4 is 27.5 Å². The summed E-state index contributed by atoms with van der Waals surface area (Å²) in [6.07, 6.45) is 7.45. The minimum absolute atomic E-state index is 0.348. The summed E-state index contributed by atoms with van der Waals surface area (Å²) in [6, 6.07) is 14.4. The van der Waals surface area contributed by atoms with Crippen LogP contribution in [0.2, 0.25) is 5.02 Å². The Labute approximate surface area is 158 Å². The first-order valence-corrected chi connectivity index (χ1v) is 9.87. The van der Waals surface area contributed by atoms with Crippen molar-refractivity contribution in [2.24, 2.45) is 5.41 Å². The minimum Gasteiger partial charge on any atom is -0.493 e. The quantitative estimate of drug-likeness (QED) is 0.516. The Morgan fingerprint density at radius 2 is 1.75 bits per heavy atom. The maximum Gasteiger partial charge on any atom is 0.119 e. The summed E-state index contributed by atoms with van der Waals surface area (Å²) in [4.78, 5) is 0. The van der Waals surface area contributed by atoms with Crippen LogP contribution in [0.5, 0.6) is 5.75 Å². The van der Waals surface area contributed by atoms with Crippen LogP contribution in [-0.2, 0) is 6.42 Å². The maximum absolute atomic E-state index is 6.28. The molecule has 1 saturated carbocycles. The summed E-state index contributed by atoms with van der Waals surface area (Å²) in [5, 5.41) is 0.809. The van der Waals surface area contributed by atoms with Gasteiger partial charge in [-0.05, 0) is 60.7 Å². The van der Waals surface area contributed by atoms with Gasteiger partial charge < -0.3 is 4.74 Å². The molecule has 0 unspecified atom stereocenters. The van der Waals surface area contributed by atoms with Gasteiger partial charge in [-0.25, -0.2) is 0 Å². The molecule has 0 aliphatic heterocycles. The Morgan fingerprint density at radius 3 is 2.46 bits per heavy atom. The number of ether oxygens (including phenoxy) is 1. The molecule has 0 aromatic heterocycles. The summed E-state index contributed by atoms with van der Waals surface area (Å²) >= 11 is 9.79. The van der Waals surface area contributed by atoms with Crippen molar-refractivity contribution < 1.29 is 4.74 Å². The smallest absolute Gasteiger partial charge is 0.119 e. The van der Waals surface area contributed by atoms with Crippen LogP contribution in [-0.4, -0.2) is 6.61 Å². The van der Waals surface area contributed by atoms with Gasteiger partial charge in [0, 0.05) is 14.9 Å². The third-order valence-corrected chi connectivity index (χ3v) is 5.84. The first kappa shape index (κ1) is 17.8. The number of benzene rings is 2. The molecule has 128 valence electrons. The highest BCUT2D eigenvalue weighted by Gasteiger charge is 2.27. The summed E-state index contributed by atoms with van der Waals surface area (Å²) in [5.41, 5.74) is 2.72. The second-order valence-corrected chi connectivity index (χ2v) is 8.54. The summed E-state index contributed by atoms with van der Waals surface area (Å²) < 4.78 is 7.12. The fourth-order valence-corrected chi connectivity index (χ4v) is 4.00. The largest absolute Gasteiger partial charge is 0.493 e. The van der Waals surface area contributed by atoms with E-state index in [1.807, 2.05) is 12.1 Å². The third kappa shape index (κ3) is 4.77. The average molecular weight is 408 g/mol. The van der Waals surface area contributed by atoms with E-state index in [1.54, 1.807) is 0 Å². The van der Waals surface area contributed by atoms with Crippen molar-refractivity contribution in [2.45, 2.75) is 45.4 Å². The lowest BCUT2D eigenvalue weighted by Crippen LogP contribution is -2.27. The highest BCUT2D eigenvalue weighted by molar-refractivity contribution is 9.10. The van der Waals surface area contributed by atoms with Gasteiger partial charge in [0.05, 0.1) is 6.61 Å². The van der Waals surface area contributed by atoms with Gasteiger partial charge in [0.2, 0.25) is 0 Å². The van der Waals surface area contributed by atoms with Gasteiger partial charge in [-0.1, -0.05) is 65.8 Å². The van der Waals surface area contributed by atoms with E-state index in [2.05, 4.69) is 53.2 Å². The molecule has 1 aliphatic rings. The molecule has 0 amide bonds. The van der Waals surface area contributed by atoms with Gasteiger partial charge in [0.1, 0.15) is 5.75 Å². The standard InChI is InChI=1S/C21H24BrClO/c1-21(11-3-2-4-12-21)15-24-19-8-5-16(6-9-19)13-17-14-18(22)7-10-20(17)23/h5-10,14H,2-4,11-13,15H2,1H3. The minimum atomic E-state index is 0.348. The fraction of sp³-hybridized carbons (Fsp3) is 0.429. The lowest BCUT2D eigenvalue weighted by molar-refractivity contribution is 0.116. The Hall–Kier alpha value is -0.990. The van der Waals surface area contributed by atoms with Crippen LogP contribution in [0.4, 0.5) is 0 Å². The summed E-state index contributed by atoms with van der Waals surface area (Å²) in [5.74, 6) is 0.964. The zero-order valence-electron chi connectivity index (χ0n) is 14.2. The molecular formula is C21H24BrClO. The molecule has 0 spiro atoms. The van der Waals surface area contributed by atoms with Gasteiger partial charge in [-0.15, -0.1) is 0 Å². The van der Waals surface area contributed by atoms with Crippen molar-refractivity contribution in [1.29, 1.82) is 0 Å². The molecular weight excluding hydrogens is 384 g/mol. The molecule has 0 saturated heterocycles. The van der Waals surface area contributed by atoms with E-state index in [1.165, 1.54) is 37.7 Å². The van der Waals surface area contributed by atoms with E-state index in [9.17, 15) is 0 Å². The number of halogens is 2. The first-order chi connectivity index (χ1) is 11.5. The second-order valence-electron chi connectivity index (χ2n) is 7.22. The molecule has 0 N–H and O–H groups in total. The molecule has 0 radical (unpaired) electrons. The SMILES string of the molecule is CC1(COc2ccc(Cc3cc(Br)ccc3Cl)cc2)CCCCC1. The second kappa shape index (κ2) is 7.93. The summed E-state index contributed by atoms with van der Waals surface area (Å²) in [6.45, 7) is 3.18. The van der Waals surface area contributed by atoms with Crippen molar-refractivity contribution in [3.63, 3.8) is 0 Å². The van der Waals surface area contributed by atoms with Crippen molar-refractivity contribution in [3.05, 3.63) is 63.1 Å². The van der Waals surface area contributed by atoms with Gasteiger partial charge in [-0.2, -0.15) is 0 Å². The van der Waals surface area contributed by atoms with Gasteiger partial charge in [-0.3, -0.25) is 0 Å². The van der Waals surface area contributed by atoms with Crippen LogP contribution < -0.4 is 4.74 Å². The monoisotopic (exact) mass is 406 g/mol. The first-order valence-electron chi connectivity index (χ1n) is 8.70. The Kier molecular flexibility index (Phi) is 5.89. The van der Waals surface area contributed by atoms with Crippen LogP contribution >= 0.6 is 27.5 Å². The lowest BCUT2D eigenvalue weighted by atomic mass is 9.76. The van der Waals surface area contributed by atoms with E-state index in [0.717, 1.165) is 33.8 Å². The van der Waals surface area contributed by atoms with Crippen LogP contribution in [0.3, 0.4) is 0 Å². The summed E-state index contributed by atoms with van der Waals surface area (Å²) in [7, 11) is 0. The van der Waals surface area contributed by atoms with Gasteiger partial charge >= 0.3 is 0 Å². The molecule has 3 heteroatoms. The van der Waals surface area contributed by atoms with E-state index >= 15 is 0 Å². The Bertz CT molecular complexity index is 675. The topological polar surface area (TPSA) is 9.23 Å². The molecule has 1 aliphatic carbocycles. The third-order valence-electron chi connectivity index (χ3n) is 4.97.